The lowest BCUT2D eigenvalue weighted by Crippen LogP contribution is -2.19. The van der Waals surface area contributed by atoms with Crippen LogP contribution in [0.2, 0.25) is 0 Å². The summed E-state index contributed by atoms with van der Waals surface area (Å²) in [6, 6.07) is -0.590. The standard InChI is InChI=1S/C8H13N3O2/c1-2-3-6(7(12)13)11-5-4-10-8(11)9/h4-6H,2-3H2,1H3,(H2,9,10)(H,12,13). The number of carboxylic acids is 1. The Balaban J connectivity index is 2.88. The second-order valence-electron chi connectivity index (χ2n) is 2.84. The van der Waals surface area contributed by atoms with Gasteiger partial charge in [-0.2, -0.15) is 0 Å². The lowest BCUT2D eigenvalue weighted by molar-refractivity contribution is -0.141. The largest absolute Gasteiger partial charge is 0.480 e. The number of aromatic nitrogens is 2. The average molecular weight is 183 g/mol. The van der Waals surface area contributed by atoms with Crippen LogP contribution in [-0.4, -0.2) is 20.6 Å². The zero-order valence-electron chi connectivity index (χ0n) is 7.47. The minimum atomic E-state index is -0.869. The van der Waals surface area contributed by atoms with Crippen LogP contribution in [0.4, 0.5) is 5.95 Å². The van der Waals surface area contributed by atoms with Crippen LogP contribution in [0.25, 0.3) is 0 Å². The number of nitrogens with two attached hydrogens (primary N) is 1. The predicted molar refractivity (Wildman–Crippen MR) is 48.2 cm³/mol. The number of nitrogens with zero attached hydrogens (tertiary/aromatic N) is 2. The summed E-state index contributed by atoms with van der Waals surface area (Å²) in [6.07, 6.45) is 4.45. The van der Waals surface area contributed by atoms with Crippen LogP contribution in [0, 0.1) is 0 Å². The summed E-state index contributed by atoms with van der Waals surface area (Å²) in [5.41, 5.74) is 5.50. The third-order valence-electron chi connectivity index (χ3n) is 1.88. The minimum Gasteiger partial charge on any atom is -0.480 e. The highest BCUT2D eigenvalue weighted by Gasteiger charge is 2.19. The van der Waals surface area contributed by atoms with Crippen molar-refractivity contribution in [2.75, 3.05) is 5.73 Å². The molecular formula is C8H13N3O2. The molecule has 13 heavy (non-hydrogen) atoms. The molecule has 5 nitrogen and oxygen atoms in total. The molecule has 0 bridgehead atoms. The second-order valence-corrected chi connectivity index (χ2v) is 2.84. The Morgan fingerprint density at radius 3 is 2.92 bits per heavy atom. The highest BCUT2D eigenvalue weighted by atomic mass is 16.4. The molecule has 3 N–H and O–H groups in total. The highest BCUT2D eigenvalue weighted by Crippen LogP contribution is 2.16. The molecule has 0 saturated heterocycles. The molecule has 0 fully saturated rings. The van der Waals surface area contributed by atoms with Gasteiger partial charge >= 0.3 is 5.97 Å². The first-order valence-electron chi connectivity index (χ1n) is 4.18. The zero-order chi connectivity index (χ0) is 9.84. The average Bonchev–Trinajstić information content (AvgIpc) is 2.47. The molecule has 0 aliphatic rings. The van der Waals surface area contributed by atoms with Gasteiger partial charge in [0.25, 0.3) is 0 Å². The van der Waals surface area contributed by atoms with Crippen LogP contribution in [0.1, 0.15) is 25.8 Å². The Bertz CT molecular complexity index is 295. The van der Waals surface area contributed by atoms with E-state index in [0.717, 1.165) is 6.42 Å². The Morgan fingerprint density at radius 2 is 2.54 bits per heavy atom. The fourth-order valence-electron chi connectivity index (χ4n) is 1.24. The normalized spacial score (nSPS) is 12.7. The molecule has 0 spiro atoms. The summed E-state index contributed by atoms with van der Waals surface area (Å²) in [5, 5.41) is 8.90. The van der Waals surface area contributed by atoms with Crippen molar-refractivity contribution in [1.82, 2.24) is 9.55 Å². The summed E-state index contributed by atoms with van der Waals surface area (Å²) in [7, 11) is 0. The number of nitrogen functional groups attached to an aromatic ring is 1. The van der Waals surface area contributed by atoms with Gasteiger partial charge in [0.1, 0.15) is 6.04 Å². The molecule has 1 heterocycles. The van der Waals surface area contributed by atoms with Crippen molar-refractivity contribution in [2.24, 2.45) is 0 Å². The Hall–Kier alpha value is -1.52. The van der Waals surface area contributed by atoms with Gasteiger partial charge in [-0.25, -0.2) is 9.78 Å². The van der Waals surface area contributed by atoms with Gasteiger partial charge in [0, 0.05) is 12.4 Å². The first-order valence-corrected chi connectivity index (χ1v) is 4.18. The van der Waals surface area contributed by atoms with Crippen molar-refractivity contribution >= 4 is 11.9 Å². The van der Waals surface area contributed by atoms with Crippen LogP contribution in [0.3, 0.4) is 0 Å². The van der Waals surface area contributed by atoms with Crippen LogP contribution in [-0.2, 0) is 4.79 Å². The van der Waals surface area contributed by atoms with Gasteiger partial charge < -0.3 is 15.4 Å². The number of anilines is 1. The molecule has 1 aromatic rings. The fourth-order valence-corrected chi connectivity index (χ4v) is 1.24. The minimum absolute atomic E-state index is 0.251. The van der Waals surface area contributed by atoms with E-state index in [1.165, 1.54) is 10.8 Å². The van der Waals surface area contributed by atoms with Crippen molar-refractivity contribution in [1.29, 1.82) is 0 Å². The lowest BCUT2D eigenvalue weighted by Gasteiger charge is -2.13. The SMILES string of the molecule is CCCC(C(=O)O)n1ccnc1N. The summed E-state index contributed by atoms with van der Waals surface area (Å²) >= 11 is 0. The van der Waals surface area contributed by atoms with Crippen LogP contribution in [0.5, 0.6) is 0 Å². The number of carbonyl (C=O) groups is 1. The molecule has 1 rings (SSSR count). The molecule has 0 radical (unpaired) electrons. The van der Waals surface area contributed by atoms with E-state index in [1.807, 2.05) is 6.92 Å². The third-order valence-corrected chi connectivity index (χ3v) is 1.88. The maximum atomic E-state index is 10.8. The van der Waals surface area contributed by atoms with Crippen molar-refractivity contribution in [3.63, 3.8) is 0 Å². The highest BCUT2D eigenvalue weighted by molar-refractivity contribution is 5.72. The zero-order valence-corrected chi connectivity index (χ0v) is 7.47. The molecule has 72 valence electrons. The molecule has 0 aliphatic heterocycles. The Morgan fingerprint density at radius 1 is 1.85 bits per heavy atom. The molecular weight excluding hydrogens is 170 g/mol. The maximum Gasteiger partial charge on any atom is 0.326 e. The van der Waals surface area contributed by atoms with Crippen LogP contribution < -0.4 is 5.73 Å². The Labute approximate surface area is 76.2 Å². The van der Waals surface area contributed by atoms with Crippen LogP contribution >= 0.6 is 0 Å². The van der Waals surface area contributed by atoms with Crippen LogP contribution in [0.15, 0.2) is 12.4 Å². The number of carboxylic acid groups (broad SMARTS) is 1. The van der Waals surface area contributed by atoms with Gasteiger partial charge in [0.05, 0.1) is 0 Å². The van der Waals surface area contributed by atoms with E-state index >= 15 is 0 Å². The quantitative estimate of drug-likeness (QED) is 0.726. The number of hydrogen-bond donors (Lipinski definition) is 2. The lowest BCUT2D eigenvalue weighted by atomic mass is 10.2. The van der Waals surface area contributed by atoms with E-state index in [4.69, 9.17) is 10.8 Å². The van der Waals surface area contributed by atoms with Gasteiger partial charge in [-0.1, -0.05) is 13.3 Å². The number of hydrogen-bond acceptors (Lipinski definition) is 3. The molecule has 0 saturated carbocycles. The molecule has 1 unspecified atom stereocenters. The van der Waals surface area contributed by atoms with E-state index in [-0.39, 0.29) is 5.95 Å². The topological polar surface area (TPSA) is 81.1 Å². The van der Waals surface area contributed by atoms with E-state index in [0.29, 0.717) is 6.42 Å². The molecule has 0 aromatic carbocycles. The monoisotopic (exact) mass is 183 g/mol. The summed E-state index contributed by atoms with van der Waals surface area (Å²) in [5.74, 6) is -0.618. The van der Waals surface area contributed by atoms with Gasteiger partial charge in [-0.05, 0) is 6.42 Å². The van der Waals surface area contributed by atoms with Gasteiger partial charge in [-0.3, -0.25) is 0 Å². The van der Waals surface area contributed by atoms with Crippen molar-refractivity contribution < 1.29 is 9.90 Å². The summed E-state index contributed by atoms with van der Waals surface area (Å²) in [6.45, 7) is 1.93. The van der Waals surface area contributed by atoms with Gasteiger partial charge in [0.2, 0.25) is 5.95 Å². The van der Waals surface area contributed by atoms with Gasteiger partial charge in [-0.15, -0.1) is 0 Å². The number of aliphatic carboxylic acids is 1. The summed E-state index contributed by atoms with van der Waals surface area (Å²) in [4.78, 5) is 14.6. The molecule has 1 aromatic heterocycles. The van der Waals surface area contributed by atoms with Crippen molar-refractivity contribution in [2.45, 2.75) is 25.8 Å². The van der Waals surface area contributed by atoms with Crippen molar-refractivity contribution in [3.8, 4) is 0 Å². The predicted octanol–water partition coefficient (Wildman–Crippen LogP) is 0.891. The summed E-state index contributed by atoms with van der Waals surface area (Å²) < 4.78 is 1.48. The van der Waals surface area contributed by atoms with E-state index in [1.54, 1.807) is 6.20 Å². The smallest absolute Gasteiger partial charge is 0.326 e. The second kappa shape index (κ2) is 3.93. The molecule has 1 atom stereocenters. The Kier molecular flexibility index (Phi) is 2.89. The van der Waals surface area contributed by atoms with E-state index in [2.05, 4.69) is 4.98 Å². The fraction of sp³-hybridized carbons (Fsp3) is 0.500. The van der Waals surface area contributed by atoms with Gasteiger partial charge in [0.15, 0.2) is 0 Å². The first-order chi connectivity index (χ1) is 6.16. The molecule has 0 aliphatic carbocycles. The molecule has 5 heteroatoms. The third kappa shape index (κ3) is 1.99. The maximum absolute atomic E-state index is 10.8. The van der Waals surface area contributed by atoms with Crippen molar-refractivity contribution in [3.05, 3.63) is 12.4 Å². The number of imidazole rings is 1. The van der Waals surface area contributed by atoms with E-state index in [9.17, 15) is 4.79 Å². The molecule has 0 amide bonds. The number of rotatable bonds is 4. The van der Waals surface area contributed by atoms with E-state index < -0.39 is 12.0 Å². The first kappa shape index (κ1) is 9.57.